The number of halogens is 2. The monoisotopic (exact) mass is 715 g/mol. The molecule has 0 heterocycles. The first-order chi connectivity index (χ1) is 20.0. The van der Waals surface area contributed by atoms with E-state index in [9.17, 15) is 0 Å². The minimum Gasteiger partial charge on any atom is -1.00 e. The molecule has 0 radical (unpaired) electrons. The molecule has 4 aromatic carbocycles. The second kappa shape index (κ2) is 12.0. The first kappa shape index (κ1) is 33.9. The topological polar surface area (TPSA) is 0 Å². The van der Waals surface area contributed by atoms with Crippen LogP contribution in [-0.2, 0) is 24.0 Å². The number of hydrogen-bond acceptors (Lipinski definition) is 0. The van der Waals surface area contributed by atoms with Crippen molar-refractivity contribution in [2.24, 2.45) is 11.8 Å². The van der Waals surface area contributed by atoms with E-state index < -0.39 is 26.8 Å². The van der Waals surface area contributed by atoms with Gasteiger partial charge in [0.05, 0.1) is 0 Å². The molecule has 229 valence electrons. The molecule has 3 aliphatic carbocycles. The molecule has 0 aliphatic heterocycles. The Kier molecular flexibility index (Phi) is 9.23. The Bertz CT molecular complexity index is 1810. The van der Waals surface area contributed by atoms with Gasteiger partial charge in [-0.1, -0.05) is 0 Å². The number of hydrogen-bond donors (Lipinski definition) is 0. The van der Waals surface area contributed by atoms with E-state index in [2.05, 4.69) is 135 Å². The molecule has 0 saturated carbocycles. The molecule has 0 bridgehead atoms. The van der Waals surface area contributed by atoms with Gasteiger partial charge in [-0.05, 0) is 0 Å². The molecular weight excluding hydrogens is 671 g/mol. The summed E-state index contributed by atoms with van der Waals surface area (Å²) in [5.41, 5.74) is 17.5. The average Bonchev–Trinajstić information content (AvgIpc) is 3.52. The Labute approximate surface area is 287 Å². The third kappa shape index (κ3) is 4.44. The fourth-order valence-electron chi connectivity index (χ4n) is 9.91. The van der Waals surface area contributed by atoms with Gasteiger partial charge >= 0.3 is 264 Å². The van der Waals surface area contributed by atoms with E-state index in [0.717, 1.165) is 0 Å². The van der Waals surface area contributed by atoms with Crippen molar-refractivity contribution in [1.82, 2.24) is 0 Å². The van der Waals surface area contributed by atoms with Gasteiger partial charge in [0.15, 0.2) is 0 Å². The van der Waals surface area contributed by atoms with Gasteiger partial charge in [-0.25, -0.2) is 0 Å². The first-order valence-electron chi connectivity index (χ1n) is 16.3. The summed E-state index contributed by atoms with van der Waals surface area (Å²) in [6, 6.07) is 21.4. The normalized spacial score (nSPS) is 26.0. The van der Waals surface area contributed by atoms with E-state index in [4.69, 9.17) is 0 Å². The number of aryl methyl sites for hydroxylation is 1. The molecule has 6 unspecified atom stereocenters. The molecule has 44 heavy (non-hydrogen) atoms. The summed E-state index contributed by atoms with van der Waals surface area (Å²) in [6.45, 7) is 25.7. The molecule has 0 spiro atoms. The van der Waals surface area contributed by atoms with Crippen LogP contribution in [0.3, 0.4) is 0 Å². The van der Waals surface area contributed by atoms with E-state index in [1.165, 1.54) is 38.6 Å². The maximum absolute atomic E-state index is 2.81. The van der Waals surface area contributed by atoms with Crippen molar-refractivity contribution >= 4 is 22.8 Å². The summed E-state index contributed by atoms with van der Waals surface area (Å²) in [5, 5.41) is 3.03. The molecule has 7 rings (SSSR count). The van der Waals surface area contributed by atoms with E-state index in [0.29, 0.717) is 27.3 Å². The van der Waals surface area contributed by atoms with Crippen LogP contribution < -0.4 is 24.8 Å². The number of fused-ring (bicyclic) bond motifs is 9. The molecule has 0 saturated heterocycles. The SMILES string of the molecule is Cc1cc2c(c(C)c1C)C(C)c1c3c(c4ccccc4c1-2)C(C)C(C)C(C)[C]3(C)[Zr+2]([CH]1C=Cc2ccccc21)[SiH](C)C.[Cl-].[Cl-]. The minimum absolute atomic E-state index is 0. The summed E-state index contributed by atoms with van der Waals surface area (Å²) in [6.07, 6.45) is 5.14. The van der Waals surface area contributed by atoms with Crippen molar-refractivity contribution in [2.75, 3.05) is 0 Å². The molecule has 0 nitrogen and oxygen atoms in total. The second-order valence-electron chi connectivity index (χ2n) is 14.5. The van der Waals surface area contributed by atoms with Crippen LogP contribution in [0.15, 0.2) is 60.7 Å². The quantitative estimate of drug-likeness (QED) is 0.266. The number of rotatable bonds is 3. The third-order valence-corrected chi connectivity index (χ3v) is 36.1. The summed E-state index contributed by atoms with van der Waals surface area (Å²) < 4.78 is 0.960. The van der Waals surface area contributed by atoms with Gasteiger partial charge in [0, 0.05) is 0 Å². The molecule has 4 aromatic rings. The third-order valence-electron chi connectivity index (χ3n) is 12.5. The minimum atomic E-state index is -2.21. The molecule has 0 N–H and O–H groups in total. The zero-order chi connectivity index (χ0) is 29.8. The number of allylic oxidation sites excluding steroid dienone is 1. The van der Waals surface area contributed by atoms with Gasteiger partial charge in [0.25, 0.3) is 0 Å². The van der Waals surface area contributed by atoms with Crippen LogP contribution in [0.25, 0.3) is 28.0 Å². The Morgan fingerprint density at radius 3 is 2.09 bits per heavy atom. The van der Waals surface area contributed by atoms with Crippen molar-refractivity contribution in [3.05, 3.63) is 111 Å². The van der Waals surface area contributed by atoms with Crippen LogP contribution in [0.4, 0.5) is 0 Å². The summed E-state index contributed by atoms with van der Waals surface area (Å²) in [5.74, 6) is 1.39. The summed E-state index contributed by atoms with van der Waals surface area (Å²) in [4.78, 5) is 0. The van der Waals surface area contributed by atoms with Crippen LogP contribution in [0.5, 0.6) is 0 Å². The van der Waals surface area contributed by atoms with Gasteiger partial charge in [0.2, 0.25) is 0 Å². The van der Waals surface area contributed by atoms with Gasteiger partial charge in [0.1, 0.15) is 0 Å². The van der Waals surface area contributed by atoms with Crippen LogP contribution in [0.1, 0.15) is 100 Å². The van der Waals surface area contributed by atoms with Crippen LogP contribution in [0.2, 0.25) is 13.1 Å². The van der Waals surface area contributed by atoms with Crippen LogP contribution in [-0.4, -0.2) is 5.92 Å². The van der Waals surface area contributed by atoms with Gasteiger partial charge < -0.3 is 24.8 Å². The molecule has 4 heteroatoms. The zero-order valence-corrected chi connectivity index (χ0v) is 33.2. The van der Waals surface area contributed by atoms with Crippen molar-refractivity contribution in [3.8, 4) is 11.1 Å². The van der Waals surface area contributed by atoms with Gasteiger partial charge in [-0.2, -0.15) is 0 Å². The number of benzene rings is 4. The van der Waals surface area contributed by atoms with Crippen LogP contribution >= 0.6 is 0 Å². The summed E-state index contributed by atoms with van der Waals surface area (Å²) in [7, 11) is 0. The predicted molar refractivity (Wildman–Crippen MR) is 182 cm³/mol. The van der Waals surface area contributed by atoms with E-state index in [1.807, 2.05) is 5.56 Å². The van der Waals surface area contributed by atoms with E-state index in [-0.39, 0.29) is 27.9 Å². The Hall–Kier alpha value is -1.44. The molecular formula is C40H47Cl2SiZr. The standard InChI is InChI=1S/C29H33.C9H7.C2H7Si.2ClH.Zr/c1-14-13-24-25(18(5)15(14)2)21(8)28-27-20(7)17(4)16(3)19(6)26(27)22-11-9-10-12-23(22)29(24)28;1-2-5-9-7-3-6-8(9)4-1;1-3-2;;;/h9-13,16-17,19,21H,1-8H3;1-7H;3H,1-2H3;2*1H;/q;;;;;+2/p-2. The molecule has 3 aliphatic rings. The fourth-order valence-corrected chi connectivity index (χ4v) is 37.2. The molecule has 6 atom stereocenters. The van der Waals surface area contributed by atoms with Crippen LogP contribution in [0, 0.1) is 32.6 Å². The molecule has 0 amide bonds. The van der Waals surface area contributed by atoms with E-state index >= 15 is 0 Å². The Morgan fingerprint density at radius 2 is 1.41 bits per heavy atom. The Balaban J connectivity index is 0.00000192. The van der Waals surface area contributed by atoms with Crippen molar-refractivity contribution in [2.45, 2.75) is 87.1 Å². The van der Waals surface area contributed by atoms with Crippen molar-refractivity contribution in [1.29, 1.82) is 0 Å². The largest absolute Gasteiger partial charge is 1.00 e. The smallest absolute Gasteiger partial charge is 1.00 e. The van der Waals surface area contributed by atoms with E-state index in [1.54, 1.807) is 27.8 Å². The van der Waals surface area contributed by atoms with Gasteiger partial charge in [-0.15, -0.1) is 0 Å². The molecule has 0 fully saturated rings. The Morgan fingerprint density at radius 1 is 0.773 bits per heavy atom. The van der Waals surface area contributed by atoms with Crippen molar-refractivity contribution < 1.29 is 45.7 Å². The maximum atomic E-state index is 2.81. The maximum Gasteiger partial charge on any atom is -1.00 e. The second-order valence-corrected chi connectivity index (χ2v) is 35.3. The first-order valence-corrected chi connectivity index (χ1v) is 26.1. The predicted octanol–water partition coefficient (Wildman–Crippen LogP) is 4.88. The van der Waals surface area contributed by atoms with Crippen molar-refractivity contribution in [3.63, 3.8) is 0 Å². The average molecular weight is 718 g/mol. The van der Waals surface area contributed by atoms with Gasteiger partial charge in [-0.3, -0.25) is 0 Å². The zero-order valence-electron chi connectivity index (χ0n) is 28.1. The molecule has 0 aromatic heterocycles. The summed E-state index contributed by atoms with van der Waals surface area (Å²) >= 11 is -2.21. The fraction of sp³-hybridized carbons (Fsp3) is 0.400.